The van der Waals surface area contributed by atoms with E-state index in [0.29, 0.717) is 11.8 Å². The van der Waals surface area contributed by atoms with Gasteiger partial charge in [-0.2, -0.15) is 0 Å². The summed E-state index contributed by atoms with van der Waals surface area (Å²) in [6.45, 7) is 0. The molecule has 11 rings (SSSR count). The molecule has 0 atom stereocenters. The third-order valence-corrected chi connectivity index (χ3v) is 13.0. The second-order valence-corrected chi connectivity index (χ2v) is 15.9. The molecule has 0 N–H and O–H groups in total. The minimum absolute atomic E-state index is 0.606. The lowest BCUT2D eigenvalue weighted by Crippen LogP contribution is -2.06. The molecule has 0 spiro atoms. The number of hydrogen-bond donors (Lipinski definition) is 0. The van der Waals surface area contributed by atoms with Gasteiger partial charge in [0.1, 0.15) is 11.2 Å². The van der Waals surface area contributed by atoms with Crippen molar-refractivity contribution in [3.05, 3.63) is 145 Å². The zero-order valence-electron chi connectivity index (χ0n) is 30.3. The number of benzene rings is 8. The topological polar surface area (TPSA) is 13.1 Å². The Bertz CT molecular complexity index is 2740. The van der Waals surface area contributed by atoms with E-state index in [4.69, 9.17) is 4.42 Å². The van der Waals surface area contributed by atoms with Gasteiger partial charge >= 0.3 is 0 Å². The molecule has 9 aromatic rings. The van der Waals surface area contributed by atoms with Crippen molar-refractivity contribution in [2.75, 3.05) is 0 Å². The average Bonchev–Trinajstić information content (AvgIpc) is 3.61. The minimum Gasteiger partial charge on any atom is -0.456 e. The van der Waals surface area contributed by atoms with Gasteiger partial charge in [0.15, 0.2) is 0 Å². The van der Waals surface area contributed by atoms with Crippen LogP contribution in [0.25, 0.3) is 87.3 Å². The standard InChI is InChI=1S/C52H44O/c1-3-16-33(17-4-1)48-36-20-7-9-22-38(36)50(39-23-10-8-21-37(39)48)35-30-31-46-45(32-35)52-44(28-15-29-47(52)53-46)51-42-26-13-11-24-40(42)49(34-18-5-2-6-19-34)41-25-12-14-27-43(41)51/h7-15,20-34H,1-6,16-19H2. The van der Waals surface area contributed by atoms with Gasteiger partial charge in [0.05, 0.1) is 0 Å². The second-order valence-electron chi connectivity index (χ2n) is 15.9. The van der Waals surface area contributed by atoms with Gasteiger partial charge in [0.25, 0.3) is 0 Å². The van der Waals surface area contributed by atoms with Crippen LogP contribution in [0.4, 0.5) is 0 Å². The summed E-state index contributed by atoms with van der Waals surface area (Å²) in [5, 5.41) is 13.5. The first-order chi connectivity index (χ1) is 26.3. The third-order valence-electron chi connectivity index (χ3n) is 13.0. The lowest BCUT2D eigenvalue weighted by atomic mass is 9.77. The number of fused-ring (bicyclic) bond motifs is 7. The molecule has 0 saturated heterocycles. The van der Waals surface area contributed by atoms with Crippen LogP contribution in [0.2, 0.25) is 0 Å². The van der Waals surface area contributed by atoms with Crippen LogP contribution < -0.4 is 0 Å². The van der Waals surface area contributed by atoms with E-state index in [1.54, 1.807) is 11.1 Å². The highest BCUT2D eigenvalue weighted by atomic mass is 16.3. The Morgan fingerprint density at radius 3 is 1.30 bits per heavy atom. The summed E-state index contributed by atoms with van der Waals surface area (Å²) in [5.41, 5.74) is 10.2. The normalized spacial score (nSPS) is 16.2. The fourth-order valence-corrected chi connectivity index (χ4v) is 10.8. The molecule has 1 heterocycles. The first-order valence-electron chi connectivity index (χ1n) is 20.2. The van der Waals surface area contributed by atoms with Crippen LogP contribution in [0.5, 0.6) is 0 Å². The first-order valence-corrected chi connectivity index (χ1v) is 20.2. The van der Waals surface area contributed by atoms with Crippen LogP contribution in [0.15, 0.2) is 138 Å². The summed E-state index contributed by atoms with van der Waals surface area (Å²) in [6.07, 6.45) is 13.2. The van der Waals surface area contributed by atoms with E-state index in [0.717, 1.165) is 11.2 Å². The van der Waals surface area contributed by atoms with Crippen LogP contribution in [0, 0.1) is 0 Å². The maximum Gasteiger partial charge on any atom is 0.136 e. The largest absolute Gasteiger partial charge is 0.456 e. The Morgan fingerprint density at radius 1 is 0.358 bits per heavy atom. The molecule has 2 aliphatic carbocycles. The van der Waals surface area contributed by atoms with E-state index < -0.39 is 0 Å². The Morgan fingerprint density at radius 2 is 0.811 bits per heavy atom. The second kappa shape index (κ2) is 12.6. The van der Waals surface area contributed by atoms with Gasteiger partial charge in [-0.1, -0.05) is 154 Å². The molecule has 0 amide bonds. The lowest BCUT2D eigenvalue weighted by molar-refractivity contribution is 0.447. The molecule has 0 radical (unpaired) electrons. The van der Waals surface area contributed by atoms with Crippen molar-refractivity contribution in [3.8, 4) is 22.3 Å². The smallest absolute Gasteiger partial charge is 0.136 e. The number of furan rings is 1. The highest BCUT2D eigenvalue weighted by molar-refractivity contribution is 6.23. The van der Waals surface area contributed by atoms with Gasteiger partial charge in [-0.15, -0.1) is 0 Å². The SMILES string of the molecule is c1cc(-c2c3ccccc3c(C3CCCCC3)c3ccccc23)c2c(c1)oc1ccc(-c3c4ccccc4c(C4CCCCC4)c4ccccc34)cc12. The average molecular weight is 685 g/mol. The quantitative estimate of drug-likeness (QED) is 0.168. The first kappa shape index (κ1) is 31.2. The van der Waals surface area contributed by atoms with Gasteiger partial charge < -0.3 is 4.42 Å². The molecule has 0 aliphatic heterocycles. The highest BCUT2D eigenvalue weighted by Gasteiger charge is 2.26. The lowest BCUT2D eigenvalue weighted by Gasteiger charge is -2.27. The molecule has 53 heavy (non-hydrogen) atoms. The van der Waals surface area contributed by atoms with Gasteiger partial charge in [-0.05, 0) is 132 Å². The van der Waals surface area contributed by atoms with Crippen LogP contribution in [0.1, 0.15) is 87.2 Å². The Balaban J connectivity index is 1.19. The van der Waals surface area contributed by atoms with E-state index in [-0.39, 0.29) is 0 Å². The molecule has 2 saturated carbocycles. The minimum atomic E-state index is 0.606. The van der Waals surface area contributed by atoms with Crippen molar-refractivity contribution < 1.29 is 4.42 Å². The molecule has 1 aromatic heterocycles. The predicted octanol–water partition coefficient (Wildman–Crippen LogP) is 15.6. The van der Waals surface area contributed by atoms with Gasteiger partial charge in [0, 0.05) is 10.8 Å². The molecule has 8 aromatic carbocycles. The highest BCUT2D eigenvalue weighted by Crippen LogP contribution is 2.50. The molecule has 0 bridgehead atoms. The summed E-state index contributed by atoms with van der Waals surface area (Å²) >= 11 is 0. The van der Waals surface area contributed by atoms with E-state index in [1.807, 2.05) is 0 Å². The summed E-state index contributed by atoms with van der Waals surface area (Å²) < 4.78 is 6.72. The fraction of sp³-hybridized carbons (Fsp3) is 0.231. The van der Waals surface area contributed by atoms with E-state index >= 15 is 0 Å². The van der Waals surface area contributed by atoms with Crippen molar-refractivity contribution >= 4 is 65.0 Å². The Labute approximate surface area is 311 Å². The summed E-state index contributed by atoms with van der Waals surface area (Å²) in [7, 11) is 0. The molecule has 1 nitrogen and oxygen atoms in total. The molecule has 1 heteroatoms. The molecule has 258 valence electrons. The van der Waals surface area contributed by atoms with Crippen LogP contribution >= 0.6 is 0 Å². The van der Waals surface area contributed by atoms with Crippen LogP contribution in [0.3, 0.4) is 0 Å². The van der Waals surface area contributed by atoms with Crippen molar-refractivity contribution in [2.45, 2.75) is 76.0 Å². The molecule has 2 fully saturated rings. The molecular formula is C52H44O. The van der Waals surface area contributed by atoms with E-state index in [1.165, 1.54) is 140 Å². The van der Waals surface area contributed by atoms with Crippen molar-refractivity contribution in [2.24, 2.45) is 0 Å². The maximum atomic E-state index is 6.72. The van der Waals surface area contributed by atoms with Crippen LogP contribution in [-0.4, -0.2) is 0 Å². The van der Waals surface area contributed by atoms with Crippen LogP contribution in [-0.2, 0) is 0 Å². The Hall–Kier alpha value is -5.40. The third kappa shape index (κ3) is 4.90. The number of rotatable bonds is 4. The van der Waals surface area contributed by atoms with E-state index in [9.17, 15) is 0 Å². The molecule has 0 unspecified atom stereocenters. The van der Waals surface area contributed by atoms with Gasteiger partial charge in [-0.25, -0.2) is 0 Å². The van der Waals surface area contributed by atoms with Gasteiger partial charge in [0.2, 0.25) is 0 Å². The van der Waals surface area contributed by atoms with Crippen molar-refractivity contribution in [1.29, 1.82) is 0 Å². The predicted molar refractivity (Wildman–Crippen MR) is 226 cm³/mol. The number of hydrogen-bond acceptors (Lipinski definition) is 1. The zero-order valence-corrected chi connectivity index (χ0v) is 30.3. The summed E-state index contributed by atoms with van der Waals surface area (Å²) in [4.78, 5) is 0. The summed E-state index contributed by atoms with van der Waals surface area (Å²) in [5.74, 6) is 1.22. The summed E-state index contributed by atoms with van der Waals surface area (Å²) in [6, 6.07) is 50.4. The van der Waals surface area contributed by atoms with E-state index in [2.05, 4.69) is 133 Å². The molecule has 2 aliphatic rings. The van der Waals surface area contributed by atoms with Crippen molar-refractivity contribution in [1.82, 2.24) is 0 Å². The van der Waals surface area contributed by atoms with Crippen molar-refractivity contribution in [3.63, 3.8) is 0 Å². The van der Waals surface area contributed by atoms with Gasteiger partial charge in [-0.3, -0.25) is 0 Å². The molecular weight excluding hydrogens is 641 g/mol. The monoisotopic (exact) mass is 684 g/mol. The fourth-order valence-electron chi connectivity index (χ4n) is 10.8. The Kier molecular flexibility index (Phi) is 7.42. The maximum absolute atomic E-state index is 6.72. The zero-order chi connectivity index (χ0) is 34.9.